The van der Waals surface area contributed by atoms with Crippen LogP contribution in [0.5, 0.6) is 0 Å². The van der Waals surface area contributed by atoms with Gasteiger partial charge in [-0.2, -0.15) is 0 Å². The molecule has 0 saturated carbocycles. The van der Waals surface area contributed by atoms with Gasteiger partial charge in [0.25, 0.3) is 0 Å². The van der Waals surface area contributed by atoms with Crippen LogP contribution in [-0.2, 0) is 13.8 Å². The van der Waals surface area contributed by atoms with Gasteiger partial charge in [-0.05, 0) is 0 Å². The molecule has 1 saturated heterocycles. The van der Waals surface area contributed by atoms with Gasteiger partial charge in [0.05, 0.1) is 12.6 Å². The van der Waals surface area contributed by atoms with E-state index in [0.29, 0.717) is 0 Å². The van der Waals surface area contributed by atoms with Gasteiger partial charge in [-0.15, -0.1) is 0 Å². The van der Waals surface area contributed by atoms with E-state index in [1.807, 2.05) is 0 Å². The van der Waals surface area contributed by atoms with Gasteiger partial charge < -0.3 is 35.6 Å². The zero-order valence-electron chi connectivity index (χ0n) is 8.13. The van der Waals surface area contributed by atoms with Crippen LogP contribution in [0.15, 0.2) is 0 Å². The highest BCUT2D eigenvalue weighted by molar-refractivity contribution is 7.46. The Hall–Kier alpha value is -0.0900. The van der Waals surface area contributed by atoms with Crippen molar-refractivity contribution >= 4 is 7.82 Å². The van der Waals surface area contributed by atoms with Crippen LogP contribution in [0.4, 0.5) is 0 Å². The molecule has 0 amide bonds. The Morgan fingerprint density at radius 3 is 2.56 bits per heavy atom. The third-order valence-electron chi connectivity index (χ3n) is 2.19. The molecule has 10 heteroatoms. The van der Waals surface area contributed by atoms with Crippen LogP contribution >= 0.6 is 7.82 Å². The summed E-state index contributed by atoms with van der Waals surface area (Å²) in [4.78, 5) is 16.8. The van der Waals surface area contributed by atoms with Crippen LogP contribution in [0.25, 0.3) is 0 Å². The van der Waals surface area contributed by atoms with E-state index < -0.39 is 38.5 Å². The normalized spacial score (nSPS) is 41.0. The predicted octanol–water partition coefficient (Wildman–Crippen LogP) is -3.14. The summed E-state index contributed by atoms with van der Waals surface area (Å²) in [5.41, 5.74) is 5.33. The third kappa shape index (κ3) is 3.20. The first-order valence-electron chi connectivity index (χ1n) is 4.34. The maximum atomic E-state index is 10.4. The van der Waals surface area contributed by atoms with Crippen molar-refractivity contribution in [1.29, 1.82) is 0 Å². The SMILES string of the molecule is N[C@H]1CO[C@](O)(COP(=O)(O)O)[C@@H](O)[C@@H]1O. The van der Waals surface area contributed by atoms with Crippen molar-refractivity contribution in [1.82, 2.24) is 0 Å². The molecular weight excluding hydrogens is 245 g/mol. The van der Waals surface area contributed by atoms with E-state index in [1.54, 1.807) is 0 Å². The Bertz CT molecular complexity index is 294. The summed E-state index contributed by atoms with van der Waals surface area (Å²) in [6.45, 7) is -1.26. The number of hydrogen-bond donors (Lipinski definition) is 6. The van der Waals surface area contributed by atoms with Crippen molar-refractivity contribution in [3.05, 3.63) is 0 Å². The minimum atomic E-state index is -4.80. The fourth-order valence-electron chi connectivity index (χ4n) is 1.23. The van der Waals surface area contributed by atoms with Gasteiger partial charge in [-0.1, -0.05) is 0 Å². The molecule has 0 aromatic rings. The number of aliphatic hydroxyl groups excluding tert-OH is 2. The van der Waals surface area contributed by atoms with E-state index in [0.717, 1.165) is 0 Å². The van der Waals surface area contributed by atoms with Gasteiger partial charge in [0.2, 0.25) is 5.79 Å². The highest BCUT2D eigenvalue weighted by Crippen LogP contribution is 2.38. The minimum absolute atomic E-state index is 0.279. The molecule has 1 aliphatic heterocycles. The Balaban J connectivity index is 2.66. The van der Waals surface area contributed by atoms with Crippen molar-refractivity contribution in [2.75, 3.05) is 13.2 Å². The number of phosphoric acid groups is 1. The van der Waals surface area contributed by atoms with E-state index in [4.69, 9.17) is 20.3 Å². The van der Waals surface area contributed by atoms with Crippen molar-refractivity contribution in [3.8, 4) is 0 Å². The lowest BCUT2D eigenvalue weighted by atomic mass is 9.96. The number of phosphoric ester groups is 1. The van der Waals surface area contributed by atoms with Crippen LogP contribution in [-0.4, -0.2) is 62.4 Å². The lowest BCUT2D eigenvalue weighted by Gasteiger charge is -2.41. The zero-order valence-corrected chi connectivity index (χ0v) is 9.03. The molecule has 0 aliphatic carbocycles. The molecule has 0 spiro atoms. The summed E-state index contributed by atoms with van der Waals surface area (Å²) < 4.78 is 19.1. The first kappa shape index (κ1) is 14.0. The fraction of sp³-hybridized carbons (Fsp3) is 1.00. The Morgan fingerprint density at radius 2 is 2.06 bits per heavy atom. The van der Waals surface area contributed by atoms with E-state index in [-0.39, 0.29) is 6.61 Å². The molecule has 4 atom stereocenters. The van der Waals surface area contributed by atoms with Gasteiger partial charge in [-0.3, -0.25) is 4.52 Å². The lowest BCUT2D eigenvalue weighted by molar-refractivity contribution is -0.313. The quantitative estimate of drug-likeness (QED) is 0.287. The standard InChI is InChI=1S/C6H14NO8P/c7-3-1-14-6(10,5(9)4(3)8)2-15-16(11,12)13/h3-5,8-10H,1-2,7H2,(H2,11,12,13)/t3-,4+,5-,6+/m0/s1. The van der Waals surface area contributed by atoms with Crippen LogP contribution in [0.3, 0.4) is 0 Å². The molecule has 0 radical (unpaired) electrons. The van der Waals surface area contributed by atoms with Crippen molar-refractivity contribution < 1.29 is 38.9 Å². The summed E-state index contributed by atoms with van der Waals surface area (Å²) in [7, 11) is -4.80. The lowest BCUT2D eigenvalue weighted by Crippen LogP contribution is -2.64. The van der Waals surface area contributed by atoms with Gasteiger partial charge in [0.15, 0.2) is 0 Å². The molecule has 0 aromatic carbocycles. The van der Waals surface area contributed by atoms with Gasteiger partial charge in [0.1, 0.15) is 18.8 Å². The molecule has 1 aliphatic rings. The number of rotatable bonds is 3. The highest BCUT2D eigenvalue weighted by Gasteiger charge is 2.49. The zero-order chi connectivity index (χ0) is 12.6. The number of nitrogens with two attached hydrogens (primary N) is 1. The molecule has 1 rings (SSSR count). The number of hydrogen-bond acceptors (Lipinski definition) is 7. The third-order valence-corrected chi connectivity index (χ3v) is 2.66. The molecule has 0 unspecified atom stereocenters. The largest absolute Gasteiger partial charge is 0.469 e. The maximum Gasteiger partial charge on any atom is 0.469 e. The van der Waals surface area contributed by atoms with E-state index in [1.165, 1.54) is 0 Å². The van der Waals surface area contributed by atoms with Gasteiger partial charge in [0, 0.05) is 0 Å². The molecule has 0 bridgehead atoms. The van der Waals surface area contributed by atoms with Gasteiger partial charge in [-0.25, -0.2) is 4.57 Å². The van der Waals surface area contributed by atoms with Crippen LogP contribution in [0, 0.1) is 0 Å². The van der Waals surface area contributed by atoms with Crippen LogP contribution < -0.4 is 5.73 Å². The highest BCUT2D eigenvalue weighted by atomic mass is 31.2. The molecule has 7 N–H and O–H groups in total. The predicted molar refractivity (Wildman–Crippen MR) is 48.9 cm³/mol. The molecule has 1 fully saturated rings. The molecule has 9 nitrogen and oxygen atoms in total. The fourth-order valence-corrected chi connectivity index (χ4v) is 1.58. The van der Waals surface area contributed by atoms with Gasteiger partial charge >= 0.3 is 7.82 Å². The summed E-state index contributed by atoms with van der Waals surface area (Å²) in [6, 6.07) is -0.898. The number of ether oxygens (including phenoxy) is 1. The molecule has 1 heterocycles. The van der Waals surface area contributed by atoms with Crippen LogP contribution in [0.2, 0.25) is 0 Å². The average Bonchev–Trinajstić information content (AvgIpc) is 2.18. The Labute approximate surface area is 90.6 Å². The molecular formula is C6H14NO8P. The van der Waals surface area contributed by atoms with Crippen molar-refractivity contribution in [2.45, 2.75) is 24.0 Å². The Kier molecular flexibility index (Phi) is 4.06. The first-order chi connectivity index (χ1) is 7.16. The maximum absolute atomic E-state index is 10.4. The molecule has 16 heavy (non-hydrogen) atoms. The topological polar surface area (TPSA) is 163 Å². The summed E-state index contributed by atoms with van der Waals surface area (Å²) in [5.74, 6) is -2.39. The van der Waals surface area contributed by atoms with Crippen molar-refractivity contribution in [3.63, 3.8) is 0 Å². The second-order valence-corrected chi connectivity index (χ2v) is 4.76. The minimum Gasteiger partial charge on any atom is -0.388 e. The molecule has 96 valence electrons. The van der Waals surface area contributed by atoms with Crippen LogP contribution in [0.1, 0.15) is 0 Å². The average molecular weight is 259 g/mol. The summed E-state index contributed by atoms with van der Waals surface area (Å²) in [5, 5.41) is 28.4. The second kappa shape index (κ2) is 4.65. The van der Waals surface area contributed by atoms with E-state index in [9.17, 15) is 19.9 Å². The first-order valence-corrected chi connectivity index (χ1v) is 5.87. The van der Waals surface area contributed by atoms with E-state index >= 15 is 0 Å². The van der Waals surface area contributed by atoms with E-state index in [2.05, 4.69) is 4.52 Å². The molecule has 0 aromatic heterocycles. The van der Waals surface area contributed by atoms with Crippen molar-refractivity contribution in [2.24, 2.45) is 5.73 Å². The second-order valence-electron chi connectivity index (χ2n) is 3.52. The summed E-state index contributed by atoms with van der Waals surface area (Å²) in [6.07, 6.45) is -3.29. The smallest absolute Gasteiger partial charge is 0.388 e. The monoisotopic (exact) mass is 259 g/mol. The number of aliphatic hydroxyl groups is 3. The Morgan fingerprint density at radius 1 is 1.50 bits per heavy atom. The summed E-state index contributed by atoms with van der Waals surface area (Å²) >= 11 is 0.